The molecule has 2 aromatic carbocycles. The van der Waals surface area contributed by atoms with E-state index in [-0.39, 0.29) is 0 Å². The van der Waals surface area contributed by atoms with E-state index in [0.29, 0.717) is 36.4 Å². The molecule has 7 nitrogen and oxygen atoms in total. The van der Waals surface area contributed by atoms with E-state index < -0.39 is 0 Å². The third-order valence-corrected chi connectivity index (χ3v) is 4.01. The number of ether oxygens (including phenoxy) is 3. The van der Waals surface area contributed by atoms with Crippen LogP contribution in [0.3, 0.4) is 0 Å². The van der Waals surface area contributed by atoms with Crippen molar-refractivity contribution in [3.8, 4) is 17.2 Å². The first kappa shape index (κ1) is 19.3. The fraction of sp³-hybridized carbons (Fsp3) is 0.238. The van der Waals surface area contributed by atoms with Gasteiger partial charge in [-0.2, -0.15) is 4.98 Å². The Morgan fingerprint density at radius 1 is 0.929 bits per heavy atom. The number of rotatable bonds is 9. The Hall–Kier alpha value is -3.48. The van der Waals surface area contributed by atoms with Crippen LogP contribution in [0, 0.1) is 0 Å². The van der Waals surface area contributed by atoms with E-state index in [1.807, 2.05) is 55.5 Å². The van der Waals surface area contributed by atoms with E-state index >= 15 is 0 Å². The predicted molar refractivity (Wildman–Crippen MR) is 110 cm³/mol. The largest absolute Gasteiger partial charge is 0.493 e. The number of benzene rings is 2. The predicted octanol–water partition coefficient (Wildman–Crippen LogP) is 4.25. The Morgan fingerprint density at radius 2 is 1.75 bits per heavy atom. The molecule has 7 heteroatoms. The van der Waals surface area contributed by atoms with Gasteiger partial charge >= 0.3 is 0 Å². The van der Waals surface area contributed by atoms with Gasteiger partial charge in [-0.25, -0.2) is 4.98 Å². The van der Waals surface area contributed by atoms with Crippen LogP contribution in [0.15, 0.2) is 54.7 Å². The minimum Gasteiger partial charge on any atom is -0.493 e. The lowest BCUT2D eigenvalue weighted by atomic mass is 10.2. The van der Waals surface area contributed by atoms with E-state index in [2.05, 4.69) is 20.6 Å². The molecule has 0 aliphatic heterocycles. The van der Waals surface area contributed by atoms with Crippen molar-refractivity contribution in [3.63, 3.8) is 0 Å². The monoisotopic (exact) mass is 380 g/mol. The van der Waals surface area contributed by atoms with Gasteiger partial charge in [0.25, 0.3) is 0 Å². The Labute approximate surface area is 164 Å². The molecule has 0 radical (unpaired) electrons. The van der Waals surface area contributed by atoms with Crippen LogP contribution in [0.2, 0.25) is 0 Å². The summed E-state index contributed by atoms with van der Waals surface area (Å²) in [7, 11) is 3.24. The summed E-state index contributed by atoms with van der Waals surface area (Å²) in [4.78, 5) is 8.80. The summed E-state index contributed by atoms with van der Waals surface area (Å²) in [5, 5.41) is 6.50. The zero-order valence-electron chi connectivity index (χ0n) is 16.2. The second kappa shape index (κ2) is 9.45. The van der Waals surface area contributed by atoms with E-state index in [0.717, 1.165) is 17.0 Å². The zero-order valence-corrected chi connectivity index (χ0v) is 16.2. The standard InChI is InChI=1S/C21H24N4O3/c1-4-28-17-8-6-5-7-16(17)24-21-22-12-11-20(25-21)23-14-15-9-10-18(26-2)19(13-15)27-3/h5-13H,4,14H2,1-3H3,(H2,22,23,24,25). The molecule has 0 saturated heterocycles. The quantitative estimate of drug-likeness (QED) is 0.575. The van der Waals surface area contributed by atoms with Gasteiger partial charge in [-0.15, -0.1) is 0 Å². The number of nitrogens with zero attached hydrogens (tertiary/aromatic N) is 2. The van der Waals surface area contributed by atoms with Gasteiger partial charge in [-0.1, -0.05) is 18.2 Å². The summed E-state index contributed by atoms with van der Waals surface area (Å²) < 4.78 is 16.2. The second-order valence-corrected chi connectivity index (χ2v) is 5.86. The number of para-hydroxylation sites is 2. The minimum absolute atomic E-state index is 0.490. The summed E-state index contributed by atoms with van der Waals surface area (Å²) in [5.41, 5.74) is 1.87. The van der Waals surface area contributed by atoms with Crippen molar-refractivity contribution in [2.24, 2.45) is 0 Å². The van der Waals surface area contributed by atoms with E-state index in [4.69, 9.17) is 14.2 Å². The van der Waals surface area contributed by atoms with Crippen LogP contribution in [-0.2, 0) is 6.54 Å². The summed E-state index contributed by atoms with van der Waals surface area (Å²) in [6, 6.07) is 15.3. The summed E-state index contributed by atoms with van der Waals surface area (Å²) in [6.45, 7) is 3.13. The molecule has 3 rings (SSSR count). The molecule has 3 aromatic rings. The molecule has 0 saturated carbocycles. The smallest absolute Gasteiger partial charge is 0.229 e. The maximum Gasteiger partial charge on any atom is 0.229 e. The molecular formula is C21H24N4O3. The number of hydrogen-bond acceptors (Lipinski definition) is 7. The van der Waals surface area contributed by atoms with Gasteiger partial charge in [0, 0.05) is 12.7 Å². The van der Waals surface area contributed by atoms with Crippen LogP contribution < -0.4 is 24.8 Å². The van der Waals surface area contributed by atoms with Crippen LogP contribution in [0.4, 0.5) is 17.5 Å². The number of hydrogen-bond donors (Lipinski definition) is 2. The van der Waals surface area contributed by atoms with Gasteiger partial charge in [-0.3, -0.25) is 0 Å². The van der Waals surface area contributed by atoms with Crippen molar-refractivity contribution in [3.05, 3.63) is 60.3 Å². The van der Waals surface area contributed by atoms with Crippen molar-refractivity contribution in [1.82, 2.24) is 9.97 Å². The van der Waals surface area contributed by atoms with Gasteiger partial charge < -0.3 is 24.8 Å². The fourth-order valence-corrected chi connectivity index (χ4v) is 2.67. The van der Waals surface area contributed by atoms with Gasteiger partial charge in [-0.05, 0) is 42.8 Å². The van der Waals surface area contributed by atoms with Crippen molar-refractivity contribution < 1.29 is 14.2 Å². The highest BCUT2D eigenvalue weighted by molar-refractivity contribution is 5.63. The molecule has 0 aliphatic rings. The van der Waals surface area contributed by atoms with Crippen LogP contribution >= 0.6 is 0 Å². The SMILES string of the molecule is CCOc1ccccc1Nc1nccc(NCc2ccc(OC)c(OC)c2)n1. The molecule has 1 aromatic heterocycles. The van der Waals surface area contributed by atoms with Crippen LogP contribution in [-0.4, -0.2) is 30.8 Å². The average molecular weight is 380 g/mol. The average Bonchev–Trinajstić information content (AvgIpc) is 2.74. The van der Waals surface area contributed by atoms with Crippen molar-refractivity contribution in [1.29, 1.82) is 0 Å². The molecule has 1 heterocycles. The molecule has 146 valence electrons. The number of nitrogens with one attached hydrogen (secondary N) is 2. The Bertz CT molecular complexity index is 918. The van der Waals surface area contributed by atoms with Gasteiger partial charge in [0.15, 0.2) is 11.5 Å². The Kier molecular flexibility index (Phi) is 6.51. The highest BCUT2D eigenvalue weighted by Gasteiger charge is 2.07. The highest BCUT2D eigenvalue weighted by atomic mass is 16.5. The molecule has 28 heavy (non-hydrogen) atoms. The number of methoxy groups -OCH3 is 2. The molecule has 0 atom stereocenters. The third-order valence-electron chi connectivity index (χ3n) is 4.01. The van der Waals surface area contributed by atoms with E-state index in [9.17, 15) is 0 Å². The zero-order chi connectivity index (χ0) is 19.8. The van der Waals surface area contributed by atoms with E-state index in [1.165, 1.54) is 0 Å². The van der Waals surface area contributed by atoms with Gasteiger partial charge in [0.05, 0.1) is 26.5 Å². The molecule has 0 fully saturated rings. The van der Waals surface area contributed by atoms with Crippen LogP contribution in [0.5, 0.6) is 17.2 Å². The fourth-order valence-electron chi connectivity index (χ4n) is 2.67. The second-order valence-electron chi connectivity index (χ2n) is 5.86. The Balaban J connectivity index is 1.69. The maximum atomic E-state index is 5.63. The van der Waals surface area contributed by atoms with Crippen molar-refractivity contribution >= 4 is 17.5 Å². The number of aromatic nitrogens is 2. The summed E-state index contributed by atoms with van der Waals surface area (Å²) in [6.07, 6.45) is 1.70. The molecular weight excluding hydrogens is 356 g/mol. The molecule has 0 bridgehead atoms. The summed E-state index contributed by atoms with van der Waals surface area (Å²) in [5.74, 6) is 3.36. The van der Waals surface area contributed by atoms with E-state index in [1.54, 1.807) is 20.4 Å². The first-order valence-electron chi connectivity index (χ1n) is 9.00. The molecule has 0 unspecified atom stereocenters. The van der Waals surface area contributed by atoms with Gasteiger partial charge in [0.1, 0.15) is 11.6 Å². The number of anilines is 3. The molecule has 2 N–H and O–H groups in total. The summed E-state index contributed by atoms with van der Waals surface area (Å²) >= 11 is 0. The first-order valence-corrected chi connectivity index (χ1v) is 9.00. The third kappa shape index (κ3) is 4.82. The first-order chi connectivity index (χ1) is 13.7. The van der Waals surface area contributed by atoms with Crippen molar-refractivity contribution in [2.45, 2.75) is 13.5 Å². The van der Waals surface area contributed by atoms with Gasteiger partial charge in [0.2, 0.25) is 5.95 Å². The minimum atomic E-state index is 0.490. The normalized spacial score (nSPS) is 10.2. The maximum absolute atomic E-state index is 5.63. The molecule has 0 aliphatic carbocycles. The van der Waals surface area contributed by atoms with Crippen LogP contribution in [0.1, 0.15) is 12.5 Å². The van der Waals surface area contributed by atoms with Crippen LogP contribution in [0.25, 0.3) is 0 Å². The molecule has 0 amide bonds. The lowest BCUT2D eigenvalue weighted by Gasteiger charge is -2.12. The lowest BCUT2D eigenvalue weighted by molar-refractivity contribution is 0.342. The molecule has 0 spiro atoms. The highest BCUT2D eigenvalue weighted by Crippen LogP contribution is 2.28. The Morgan fingerprint density at radius 3 is 2.54 bits per heavy atom. The lowest BCUT2D eigenvalue weighted by Crippen LogP contribution is -2.05. The topological polar surface area (TPSA) is 77.5 Å². The van der Waals surface area contributed by atoms with Crippen molar-refractivity contribution in [2.75, 3.05) is 31.5 Å².